The van der Waals surface area contributed by atoms with Gasteiger partial charge >= 0.3 is 0 Å². The third-order valence-corrected chi connectivity index (χ3v) is 4.68. The lowest BCUT2D eigenvalue weighted by atomic mass is 9.78. The van der Waals surface area contributed by atoms with Crippen LogP contribution in [0, 0.1) is 5.41 Å². The summed E-state index contributed by atoms with van der Waals surface area (Å²) in [4.78, 5) is 2.57. The van der Waals surface area contributed by atoms with Crippen LogP contribution in [0.25, 0.3) is 0 Å². The van der Waals surface area contributed by atoms with Crippen molar-refractivity contribution in [2.75, 3.05) is 20.1 Å². The second-order valence-electron chi connectivity index (χ2n) is 6.89. The van der Waals surface area contributed by atoms with Crippen LogP contribution < -0.4 is 5.32 Å². The molecule has 1 aromatic carbocycles. The van der Waals surface area contributed by atoms with Crippen molar-refractivity contribution in [3.8, 4) is 0 Å². The molecule has 20 heavy (non-hydrogen) atoms. The number of nitrogens with zero attached hydrogens (tertiary/aromatic N) is 1. The highest BCUT2D eigenvalue weighted by molar-refractivity contribution is 5.21. The van der Waals surface area contributed by atoms with Gasteiger partial charge in [-0.05, 0) is 37.4 Å². The van der Waals surface area contributed by atoms with Crippen molar-refractivity contribution in [2.24, 2.45) is 5.41 Å². The first-order valence-corrected chi connectivity index (χ1v) is 8.03. The number of rotatable bonds is 7. The Balaban J connectivity index is 2.09. The maximum atomic E-state index is 3.69. The Kier molecular flexibility index (Phi) is 5.22. The van der Waals surface area contributed by atoms with Crippen molar-refractivity contribution in [3.05, 3.63) is 35.9 Å². The molecule has 0 aromatic heterocycles. The number of benzene rings is 1. The zero-order valence-corrected chi connectivity index (χ0v) is 13.5. The van der Waals surface area contributed by atoms with Crippen LogP contribution in [0.3, 0.4) is 0 Å². The van der Waals surface area contributed by atoms with Gasteiger partial charge in [0.1, 0.15) is 0 Å². The summed E-state index contributed by atoms with van der Waals surface area (Å²) in [6.07, 6.45) is 4.17. The third-order valence-electron chi connectivity index (χ3n) is 4.68. The highest BCUT2D eigenvalue weighted by Gasteiger charge is 2.34. The van der Waals surface area contributed by atoms with Gasteiger partial charge in [-0.15, -0.1) is 0 Å². The second kappa shape index (κ2) is 6.73. The van der Waals surface area contributed by atoms with E-state index < -0.39 is 0 Å². The lowest BCUT2D eigenvalue weighted by Gasteiger charge is -2.43. The summed E-state index contributed by atoms with van der Waals surface area (Å²) >= 11 is 0. The first-order chi connectivity index (χ1) is 9.54. The Hall–Kier alpha value is -0.860. The Labute approximate surface area is 124 Å². The van der Waals surface area contributed by atoms with Gasteiger partial charge in [0.2, 0.25) is 0 Å². The smallest absolute Gasteiger partial charge is 0.0384 e. The maximum Gasteiger partial charge on any atom is 0.0384 e. The minimum atomic E-state index is 0.224. The fourth-order valence-corrected chi connectivity index (χ4v) is 3.39. The molecule has 0 bridgehead atoms. The quantitative estimate of drug-likeness (QED) is 0.812. The van der Waals surface area contributed by atoms with Crippen molar-refractivity contribution in [1.29, 1.82) is 0 Å². The van der Waals surface area contributed by atoms with Crippen LogP contribution >= 0.6 is 0 Å². The summed E-state index contributed by atoms with van der Waals surface area (Å²) in [7, 11) is 2.29. The topological polar surface area (TPSA) is 15.3 Å². The van der Waals surface area contributed by atoms with Gasteiger partial charge in [-0.25, -0.2) is 0 Å². The molecule has 1 fully saturated rings. The molecule has 2 heteroatoms. The van der Waals surface area contributed by atoms with Gasteiger partial charge < -0.3 is 10.2 Å². The molecule has 0 spiro atoms. The summed E-state index contributed by atoms with van der Waals surface area (Å²) in [5, 5.41) is 3.69. The summed E-state index contributed by atoms with van der Waals surface area (Å²) in [6, 6.07) is 12.1. The Morgan fingerprint density at radius 1 is 1.25 bits per heavy atom. The lowest BCUT2D eigenvalue weighted by Crippen LogP contribution is -2.46. The Bertz CT molecular complexity index is 395. The SMILES string of the molecule is CCNC(c1ccccc1)C(C)(C)CN(C)C1CCC1. The van der Waals surface area contributed by atoms with Gasteiger partial charge in [0.05, 0.1) is 0 Å². The average molecular weight is 274 g/mol. The van der Waals surface area contributed by atoms with Crippen LogP contribution in [-0.4, -0.2) is 31.1 Å². The minimum Gasteiger partial charge on any atom is -0.310 e. The molecule has 0 radical (unpaired) electrons. The van der Waals surface area contributed by atoms with Gasteiger partial charge in [0.15, 0.2) is 0 Å². The molecule has 1 aromatic rings. The monoisotopic (exact) mass is 274 g/mol. The highest BCUT2D eigenvalue weighted by Crippen LogP contribution is 2.36. The molecule has 1 atom stereocenters. The summed E-state index contributed by atoms with van der Waals surface area (Å²) < 4.78 is 0. The zero-order chi connectivity index (χ0) is 14.6. The predicted octanol–water partition coefficient (Wildman–Crippen LogP) is 3.85. The summed E-state index contributed by atoms with van der Waals surface area (Å²) in [5.74, 6) is 0. The molecule has 0 heterocycles. The molecule has 1 N–H and O–H groups in total. The first kappa shape index (κ1) is 15.5. The Morgan fingerprint density at radius 2 is 1.90 bits per heavy atom. The number of hydrogen-bond acceptors (Lipinski definition) is 2. The molecule has 0 aliphatic heterocycles. The molecule has 0 saturated heterocycles. The van der Waals surface area contributed by atoms with Gasteiger partial charge in [-0.3, -0.25) is 0 Å². The van der Waals surface area contributed by atoms with Crippen LogP contribution in [0.15, 0.2) is 30.3 Å². The van der Waals surface area contributed by atoms with E-state index in [-0.39, 0.29) is 5.41 Å². The Morgan fingerprint density at radius 3 is 2.40 bits per heavy atom. The van der Waals surface area contributed by atoms with Crippen LogP contribution in [0.5, 0.6) is 0 Å². The molecule has 0 amide bonds. The predicted molar refractivity (Wildman–Crippen MR) is 86.9 cm³/mol. The summed E-state index contributed by atoms with van der Waals surface area (Å²) in [6.45, 7) is 9.13. The van der Waals surface area contributed by atoms with E-state index in [1.165, 1.54) is 24.8 Å². The second-order valence-corrected chi connectivity index (χ2v) is 6.89. The van der Waals surface area contributed by atoms with E-state index in [9.17, 15) is 0 Å². The molecule has 1 unspecified atom stereocenters. The van der Waals surface area contributed by atoms with E-state index in [0.717, 1.165) is 19.1 Å². The van der Waals surface area contributed by atoms with Crippen LogP contribution in [-0.2, 0) is 0 Å². The van der Waals surface area contributed by atoms with Gasteiger partial charge in [0, 0.05) is 18.6 Å². The number of nitrogens with one attached hydrogen (secondary N) is 1. The minimum absolute atomic E-state index is 0.224. The molecular weight excluding hydrogens is 244 g/mol. The van der Waals surface area contributed by atoms with E-state index >= 15 is 0 Å². The van der Waals surface area contributed by atoms with E-state index in [0.29, 0.717) is 6.04 Å². The third kappa shape index (κ3) is 3.62. The molecule has 2 rings (SSSR count). The maximum absolute atomic E-state index is 3.69. The van der Waals surface area contributed by atoms with E-state index in [4.69, 9.17) is 0 Å². The molecule has 1 saturated carbocycles. The lowest BCUT2D eigenvalue weighted by molar-refractivity contribution is 0.0876. The molecule has 112 valence electrons. The van der Waals surface area contributed by atoms with E-state index in [1.807, 2.05) is 0 Å². The van der Waals surface area contributed by atoms with Gasteiger partial charge in [-0.2, -0.15) is 0 Å². The molecule has 1 aliphatic rings. The van der Waals surface area contributed by atoms with Crippen molar-refractivity contribution in [3.63, 3.8) is 0 Å². The average Bonchev–Trinajstić information content (AvgIpc) is 2.33. The molecular formula is C18H30N2. The van der Waals surface area contributed by atoms with Crippen LogP contribution in [0.1, 0.15) is 51.6 Å². The van der Waals surface area contributed by atoms with Crippen molar-refractivity contribution in [1.82, 2.24) is 10.2 Å². The van der Waals surface area contributed by atoms with Crippen LogP contribution in [0.4, 0.5) is 0 Å². The normalized spacial score (nSPS) is 18.1. The fraction of sp³-hybridized carbons (Fsp3) is 0.667. The van der Waals surface area contributed by atoms with Crippen molar-refractivity contribution in [2.45, 2.75) is 52.1 Å². The largest absolute Gasteiger partial charge is 0.310 e. The summed E-state index contributed by atoms with van der Waals surface area (Å²) in [5.41, 5.74) is 1.63. The van der Waals surface area contributed by atoms with Gasteiger partial charge in [-0.1, -0.05) is 57.5 Å². The zero-order valence-electron chi connectivity index (χ0n) is 13.5. The van der Waals surface area contributed by atoms with Crippen LogP contribution in [0.2, 0.25) is 0 Å². The van der Waals surface area contributed by atoms with Crippen molar-refractivity contribution >= 4 is 0 Å². The van der Waals surface area contributed by atoms with Crippen molar-refractivity contribution < 1.29 is 0 Å². The molecule has 2 nitrogen and oxygen atoms in total. The first-order valence-electron chi connectivity index (χ1n) is 8.03. The standard InChI is InChI=1S/C18H30N2/c1-5-19-17(15-10-7-6-8-11-15)18(2,3)14-20(4)16-12-9-13-16/h6-8,10-11,16-17,19H,5,9,12-14H2,1-4H3. The highest BCUT2D eigenvalue weighted by atomic mass is 15.1. The van der Waals surface area contributed by atoms with E-state index in [1.54, 1.807) is 0 Å². The number of hydrogen-bond donors (Lipinski definition) is 1. The fourth-order valence-electron chi connectivity index (χ4n) is 3.39. The van der Waals surface area contributed by atoms with E-state index in [2.05, 4.69) is 68.4 Å². The van der Waals surface area contributed by atoms with Gasteiger partial charge in [0.25, 0.3) is 0 Å². The molecule has 1 aliphatic carbocycles.